The van der Waals surface area contributed by atoms with E-state index >= 15 is 0 Å². The fraction of sp³-hybridized carbons (Fsp3) is 0.241. The highest BCUT2D eigenvalue weighted by Crippen LogP contribution is 2.31. The second-order valence-corrected chi connectivity index (χ2v) is 9.89. The molecule has 1 saturated heterocycles. The molecule has 0 bridgehead atoms. The number of hydrogen-bond acceptors (Lipinski definition) is 7. The molecule has 6 rings (SSSR count). The lowest BCUT2D eigenvalue weighted by molar-refractivity contribution is 0.164. The lowest BCUT2D eigenvalue weighted by Gasteiger charge is -2.32. The second-order valence-electron chi connectivity index (χ2n) is 9.89. The van der Waals surface area contributed by atoms with E-state index in [0.29, 0.717) is 24.6 Å². The summed E-state index contributed by atoms with van der Waals surface area (Å²) in [6.07, 6.45) is 3.33. The standard InChI is InChI=1S/C29H30N8O2/c1-19-14-20(5-9-27(19)39-22-6-8-26-25(16-22)32-18-36(26)3)33-28-23-15-21(4-7-24(23)30-17-31-28)34-29(38)37-12-10-35(2)11-13-37/h4-9,14-18H,10-13H2,1-3H3,(H,34,38)(H,30,31,33). The quantitative estimate of drug-likeness (QED) is 0.330. The largest absolute Gasteiger partial charge is 0.457 e. The van der Waals surface area contributed by atoms with Gasteiger partial charge in [0.15, 0.2) is 0 Å². The summed E-state index contributed by atoms with van der Waals surface area (Å²) < 4.78 is 8.14. The molecular weight excluding hydrogens is 492 g/mol. The Balaban J connectivity index is 1.19. The molecule has 1 aliphatic heterocycles. The Labute approximate surface area is 226 Å². The number of carbonyl (C=O) groups is 1. The molecule has 39 heavy (non-hydrogen) atoms. The average molecular weight is 523 g/mol. The minimum atomic E-state index is -0.0952. The van der Waals surface area contributed by atoms with Crippen LogP contribution in [0.4, 0.5) is 22.0 Å². The summed E-state index contributed by atoms with van der Waals surface area (Å²) in [6.45, 7) is 5.17. The molecular formula is C29H30N8O2. The van der Waals surface area contributed by atoms with Crippen molar-refractivity contribution in [3.8, 4) is 11.5 Å². The molecule has 0 unspecified atom stereocenters. The van der Waals surface area contributed by atoms with Crippen molar-refractivity contribution in [1.82, 2.24) is 29.3 Å². The van der Waals surface area contributed by atoms with Gasteiger partial charge in [0, 0.05) is 56.1 Å². The van der Waals surface area contributed by atoms with Crippen molar-refractivity contribution < 1.29 is 9.53 Å². The van der Waals surface area contributed by atoms with Crippen LogP contribution in [-0.2, 0) is 7.05 Å². The molecule has 5 aromatic rings. The minimum absolute atomic E-state index is 0.0952. The average Bonchev–Trinajstić information content (AvgIpc) is 3.30. The maximum Gasteiger partial charge on any atom is 0.321 e. The monoisotopic (exact) mass is 522 g/mol. The Hall–Kier alpha value is -4.70. The van der Waals surface area contributed by atoms with Crippen LogP contribution in [0, 0.1) is 6.92 Å². The van der Waals surface area contributed by atoms with Gasteiger partial charge < -0.3 is 29.7 Å². The van der Waals surface area contributed by atoms with Crippen molar-refractivity contribution in [2.24, 2.45) is 7.05 Å². The lowest BCUT2D eigenvalue weighted by Crippen LogP contribution is -2.48. The first-order chi connectivity index (χ1) is 18.9. The van der Waals surface area contributed by atoms with Gasteiger partial charge in [-0.2, -0.15) is 0 Å². The van der Waals surface area contributed by atoms with E-state index in [9.17, 15) is 4.79 Å². The maximum absolute atomic E-state index is 12.8. The smallest absolute Gasteiger partial charge is 0.321 e. The van der Waals surface area contributed by atoms with Gasteiger partial charge in [0.1, 0.15) is 23.6 Å². The number of fused-ring (bicyclic) bond motifs is 2. The molecule has 0 saturated carbocycles. The van der Waals surface area contributed by atoms with Crippen molar-refractivity contribution in [2.75, 3.05) is 43.9 Å². The van der Waals surface area contributed by atoms with Crippen molar-refractivity contribution in [3.63, 3.8) is 0 Å². The molecule has 10 nitrogen and oxygen atoms in total. The summed E-state index contributed by atoms with van der Waals surface area (Å²) in [5.74, 6) is 2.15. The predicted molar refractivity (Wildman–Crippen MR) is 153 cm³/mol. The van der Waals surface area contributed by atoms with Crippen LogP contribution < -0.4 is 15.4 Å². The number of likely N-dealkylation sites (N-methyl/N-ethyl adjacent to an activating group) is 1. The highest BCUT2D eigenvalue weighted by atomic mass is 16.5. The first-order valence-electron chi connectivity index (χ1n) is 12.9. The van der Waals surface area contributed by atoms with Crippen LogP contribution in [0.1, 0.15) is 5.56 Å². The third kappa shape index (κ3) is 5.19. The SMILES string of the molecule is Cc1cc(Nc2ncnc3ccc(NC(=O)N4CCN(C)CC4)cc23)ccc1Oc1ccc2c(c1)ncn2C. The highest BCUT2D eigenvalue weighted by Gasteiger charge is 2.19. The number of hydrogen-bond donors (Lipinski definition) is 2. The number of carbonyl (C=O) groups excluding carboxylic acids is 1. The number of aromatic nitrogens is 4. The number of rotatable bonds is 5. The van der Waals surface area contributed by atoms with E-state index < -0.39 is 0 Å². The molecule has 0 radical (unpaired) electrons. The third-order valence-corrected chi connectivity index (χ3v) is 7.04. The van der Waals surface area contributed by atoms with Gasteiger partial charge in [-0.05, 0) is 68.1 Å². The first kappa shape index (κ1) is 24.6. The molecule has 0 spiro atoms. The second kappa shape index (κ2) is 10.2. The molecule has 0 atom stereocenters. The number of imidazole rings is 1. The van der Waals surface area contributed by atoms with Gasteiger partial charge in [0.2, 0.25) is 0 Å². The number of anilines is 3. The number of nitrogens with zero attached hydrogens (tertiary/aromatic N) is 6. The number of urea groups is 1. The molecule has 2 N–H and O–H groups in total. The van der Waals surface area contributed by atoms with Crippen molar-refractivity contribution in [1.29, 1.82) is 0 Å². The number of benzene rings is 3. The Bertz CT molecular complexity index is 1670. The zero-order chi connectivity index (χ0) is 26.9. The van der Waals surface area contributed by atoms with Crippen LogP contribution in [0.25, 0.3) is 21.9 Å². The summed E-state index contributed by atoms with van der Waals surface area (Å²) in [7, 11) is 4.04. The Morgan fingerprint density at radius 3 is 2.51 bits per heavy atom. The molecule has 198 valence electrons. The van der Waals surface area contributed by atoms with Crippen LogP contribution in [0.5, 0.6) is 11.5 Å². The number of piperazine rings is 1. The van der Waals surface area contributed by atoms with E-state index in [1.54, 1.807) is 6.33 Å². The van der Waals surface area contributed by atoms with Gasteiger partial charge in [-0.1, -0.05) is 0 Å². The molecule has 1 fully saturated rings. The van der Waals surface area contributed by atoms with Crippen molar-refractivity contribution >= 4 is 45.2 Å². The van der Waals surface area contributed by atoms with E-state index in [1.165, 1.54) is 6.33 Å². The summed E-state index contributed by atoms with van der Waals surface area (Å²) in [5, 5.41) is 7.25. The zero-order valence-electron chi connectivity index (χ0n) is 22.2. The predicted octanol–water partition coefficient (Wildman–Crippen LogP) is 5.14. The van der Waals surface area contributed by atoms with E-state index in [-0.39, 0.29) is 6.03 Å². The number of amides is 2. The molecule has 2 amide bonds. The van der Waals surface area contributed by atoms with E-state index in [0.717, 1.165) is 57.8 Å². The molecule has 0 aliphatic carbocycles. The molecule has 2 aromatic heterocycles. The lowest BCUT2D eigenvalue weighted by atomic mass is 10.1. The summed E-state index contributed by atoms with van der Waals surface area (Å²) in [4.78, 5) is 30.1. The number of ether oxygens (including phenoxy) is 1. The van der Waals surface area contributed by atoms with E-state index in [2.05, 4.69) is 37.5 Å². The van der Waals surface area contributed by atoms with Crippen molar-refractivity contribution in [3.05, 3.63) is 72.8 Å². The van der Waals surface area contributed by atoms with Crippen LogP contribution in [0.15, 0.2) is 67.3 Å². The van der Waals surface area contributed by atoms with Crippen LogP contribution in [-0.4, -0.2) is 68.6 Å². The summed E-state index contributed by atoms with van der Waals surface area (Å²) >= 11 is 0. The van der Waals surface area contributed by atoms with Crippen LogP contribution >= 0.6 is 0 Å². The normalized spacial score (nSPS) is 14.1. The summed E-state index contributed by atoms with van der Waals surface area (Å²) in [5.41, 5.74) is 5.27. The molecule has 1 aliphatic rings. The van der Waals surface area contributed by atoms with Gasteiger partial charge >= 0.3 is 6.03 Å². The zero-order valence-corrected chi connectivity index (χ0v) is 22.2. The fourth-order valence-electron chi connectivity index (χ4n) is 4.73. The number of nitrogens with one attached hydrogen (secondary N) is 2. The minimum Gasteiger partial charge on any atom is -0.457 e. The summed E-state index contributed by atoms with van der Waals surface area (Å²) in [6, 6.07) is 17.4. The number of aryl methyl sites for hydroxylation is 2. The Morgan fingerprint density at radius 2 is 1.69 bits per heavy atom. The van der Waals surface area contributed by atoms with Gasteiger partial charge in [0.25, 0.3) is 0 Å². The van der Waals surface area contributed by atoms with E-state index in [4.69, 9.17) is 4.74 Å². The molecule has 3 aromatic carbocycles. The molecule has 3 heterocycles. The Morgan fingerprint density at radius 1 is 0.872 bits per heavy atom. The Kier molecular flexibility index (Phi) is 6.45. The van der Waals surface area contributed by atoms with Crippen LogP contribution in [0.3, 0.4) is 0 Å². The molecule has 10 heteroatoms. The topological polar surface area (TPSA) is 100 Å². The van der Waals surface area contributed by atoms with Crippen LogP contribution in [0.2, 0.25) is 0 Å². The van der Waals surface area contributed by atoms with E-state index in [1.807, 2.05) is 78.0 Å². The third-order valence-electron chi connectivity index (χ3n) is 7.04. The van der Waals surface area contributed by atoms with Gasteiger partial charge in [-0.3, -0.25) is 0 Å². The van der Waals surface area contributed by atoms with Gasteiger partial charge in [-0.25, -0.2) is 19.7 Å². The maximum atomic E-state index is 12.8. The first-order valence-corrected chi connectivity index (χ1v) is 12.9. The highest BCUT2D eigenvalue weighted by molar-refractivity contribution is 5.97. The van der Waals surface area contributed by atoms with Crippen molar-refractivity contribution in [2.45, 2.75) is 6.92 Å². The van der Waals surface area contributed by atoms with Gasteiger partial charge in [0.05, 0.1) is 22.9 Å². The van der Waals surface area contributed by atoms with Gasteiger partial charge in [-0.15, -0.1) is 0 Å². The fourth-order valence-corrected chi connectivity index (χ4v) is 4.73.